The van der Waals surface area contributed by atoms with Crippen molar-refractivity contribution in [2.24, 2.45) is 12.2 Å². The van der Waals surface area contributed by atoms with E-state index in [1.54, 1.807) is 7.05 Å². The molecule has 1 aliphatic rings. The van der Waals surface area contributed by atoms with Gasteiger partial charge in [-0.3, -0.25) is 4.79 Å². The van der Waals surface area contributed by atoms with Crippen LogP contribution in [0.15, 0.2) is 17.2 Å². The van der Waals surface area contributed by atoms with Crippen LogP contribution in [0, 0.1) is 0 Å². The molecule has 7 heteroatoms. The molecule has 1 amide bonds. The molecule has 1 aliphatic heterocycles. The first kappa shape index (κ1) is 15.1. The van der Waals surface area contributed by atoms with E-state index in [9.17, 15) is 13.2 Å². The van der Waals surface area contributed by atoms with E-state index in [1.165, 1.54) is 16.8 Å². The van der Waals surface area contributed by atoms with Crippen molar-refractivity contribution < 1.29 is 13.2 Å². The Labute approximate surface area is 119 Å². The van der Waals surface area contributed by atoms with Crippen molar-refractivity contribution in [2.45, 2.75) is 43.5 Å². The van der Waals surface area contributed by atoms with Crippen LogP contribution in [0.2, 0.25) is 0 Å². The van der Waals surface area contributed by atoms with Crippen molar-refractivity contribution in [1.82, 2.24) is 9.47 Å². The Bertz CT molecular complexity index is 606. The summed E-state index contributed by atoms with van der Waals surface area (Å²) in [6, 6.07) is 1.53. The largest absolute Gasteiger partial charge is 0.345 e. The van der Waals surface area contributed by atoms with Gasteiger partial charge in [-0.15, -0.1) is 0 Å². The lowest BCUT2D eigenvalue weighted by atomic mass is 10.1. The summed E-state index contributed by atoms with van der Waals surface area (Å²) in [5, 5.41) is 5.10. The lowest BCUT2D eigenvalue weighted by Gasteiger charge is -2.27. The van der Waals surface area contributed by atoms with Gasteiger partial charge in [-0.05, 0) is 25.8 Å². The third kappa shape index (κ3) is 3.04. The zero-order valence-electron chi connectivity index (χ0n) is 11.9. The van der Waals surface area contributed by atoms with Gasteiger partial charge in [0.05, 0.1) is 0 Å². The highest BCUT2D eigenvalue weighted by molar-refractivity contribution is 7.89. The zero-order valence-corrected chi connectivity index (χ0v) is 12.7. The van der Waals surface area contributed by atoms with Gasteiger partial charge in [0.25, 0.3) is 5.91 Å². The van der Waals surface area contributed by atoms with Crippen LogP contribution in [-0.2, 0) is 17.1 Å². The molecule has 20 heavy (non-hydrogen) atoms. The van der Waals surface area contributed by atoms with E-state index >= 15 is 0 Å². The van der Waals surface area contributed by atoms with Gasteiger partial charge in [-0.2, -0.15) is 0 Å². The molecule has 0 bridgehead atoms. The van der Waals surface area contributed by atoms with Crippen molar-refractivity contribution in [3.05, 3.63) is 18.0 Å². The minimum Gasteiger partial charge on any atom is -0.345 e. The minimum absolute atomic E-state index is 0.0224. The summed E-state index contributed by atoms with van der Waals surface area (Å²) in [7, 11) is -2.12. The molecule has 112 valence electrons. The summed E-state index contributed by atoms with van der Waals surface area (Å²) < 4.78 is 24.2. The third-order valence-corrected chi connectivity index (χ3v) is 4.72. The highest BCUT2D eigenvalue weighted by Crippen LogP contribution is 2.20. The second-order valence-corrected chi connectivity index (χ2v) is 6.98. The smallest absolute Gasteiger partial charge is 0.270 e. The number of aryl methyl sites for hydroxylation is 1. The van der Waals surface area contributed by atoms with Crippen LogP contribution in [-0.4, -0.2) is 36.4 Å². The number of carbonyl (C=O) groups is 1. The van der Waals surface area contributed by atoms with E-state index in [0.29, 0.717) is 5.69 Å². The number of sulfonamides is 1. The van der Waals surface area contributed by atoms with E-state index in [4.69, 9.17) is 5.14 Å². The summed E-state index contributed by atoms with van der Waals surface area (Å²) in [6.07, 6.45) is 5.61. The molecule has 1 fully saturated rings. The Morgan fingerprint density at radius 3 is 2.65 bits per heavy atom. The molecule has 2 heterocycles. The molecular formula is C13H21N3O3S. The first-order chi connectivity index (χ1) is 9.30. The van der Waals surface area contributed by atoms with Crippen LogP contribution in [0.25, 0.3) is 0 Å². The van der Waals surface area contributed by atoms with Crippen molar-refractivity contribution in [2.75, 3.05) is 6.54 Å². The molecule has 0 radical (unpaired) electrons. The van der Waals surface area contributed by atoms with Gasteiger partial charge in [-0.1, -0.05) is 12.8 Å². The molecule has 2 rings (SSSR count). The van der Waals surface area contributed by atoms with E-state index in [1.807, 2.05) is 11.8 Å². The van der Waals surface area contributed by atoms with Gasteiger partial charge in [0.2, 0.25) is 10.0 Å². The van der Waals surface area contributed by atoms with E-state index < -0.39 is 10.0 Å². The number of amides is 1. The predicted octanol–water partition coefficient (Wildman–Crippen LogP) is 1.08. The fourth-order valence-corrected chi connectivity index (χ4v) is 3.21. The Hall–Kier alpha value is -1.34. The van der Waals surface area contributed by atoms with Gasteiger partial charge < -0.3 is 9.47 Å². The average molecular weight is 299 g/mol. The standard InChI is InChI=1S/C13H21N3O3S/c1-10-6-4-3-5-7-16(10)13(17)12-8-11(9-15(12)2)20(14,18)19/h8-10H,3-7H2,1-2H3,(H2,14,18,19). The highest BCUT2D eigenvalue weighted by atomic mass is 32.2. The molecular weight excluding hydrogens is 278 g/mol. The molecule has 1 aromatic heterocycles. The van der Waals surface area contributed by atoms with Gasteiger partial charge in [0.1, 0.15) is 10.6 Å². The van der Waals surface area contributed by atoms with Crippen LogP contribution in [0.1, 0.15) is 43.1 Å². The van der Waals surface area contributed by atoms with E-state index in [2.05, 4.69) is 0 Å². The number of nitrogens with zero attached hydrogens (tertiary/aromatic N) is 2. The summed E-state index contributed by atoms with van der Waals surface area (Å²) in [5.41, 5.74) is 0.364. The van der Waals surface area contributed by atoms with Crippen molar-refractivity contribution in [3.8, 4) is 0 Å². The number of nitrogens with two attached hydrogens (primary N) is 1. The van der Waals surface area contributed by atoms with E-state index in [0.717, 1.165) is 32.2 Å². The van der Waals surface area contributed by atoms with Gasteiger partial charge in [0, 0.05) is 25.8 Å². The summed E-state index contributed by atoms with van der Waals surface area (Å²) in [4.78, 5) is 14.4. The van der Waals surface area contributed by atoms with Gasteiger partial charge >= 0.3 is 0 Å². The molecule has 0 saturated carbocycles. The summed E-state index contributed by atoms with van der Waals surface area (Å²) >= 11 is 0. The number of hydrogen-bond donors (Lipinski definition) is 1. The predicted molar refractivity (Wildman–Crippen MR) is 75.8 cm³/mol. The van der Waals surface area contributed by atoms with E-state index in [-0.39, 0.29) is 16.8 Å². The molecule has 1 unspecified atom stereocenters. The Balaban J connectivity index is 2.31. The Morgan fingerprint density at radius 2 is 2.05 bits per heavy atom. The minimum atomic E-state index is -3.78. The fraction of sp³-hybridized carbons (Fsp3) is 0.615. The first-order valence-electron chi connectivity index (χ1n) is 6.81. The molecule has 0 aromatic carbocycles. The zero-order chi connectivity index (χ0) is 14.9. The SMILES string of the molecule is CC1CCCCCN1C(=O)c1cc(S(N)(=O)=O)cn1C. The molecule has 6 nitrogen and oxygen atoms in total. The Morgan fingerprint density at radius 1 is 1.35 bits per heavy atom. The molecule has 2 N–H and O–H groups in total. The molecule has 0 spiro atoms. The Kier molecular flexibility index (Phi) is 4.19. The van der Waals surface area contributed by atoms with Crippen LogP contribution >= 0.6 is 0 Å². The van der Waals surface area contributed by atoms with Gasteiger partial charge in [-0.25, -0.2) is 13.6 Å². The molecule has 1 saturated heterocycles. The maximum Gasteiger partial charge on any atom is 0.270 e. The number of primary sulfonamides is 1. The fourth-order valence-electron chi connectivity index (χ4n) is 2.63. The quantitative estimate of drug-likeness (QED) is 0.886. The number of rotatable bonds is 2. The highest BCUT2D eigenvalue weighted by Gasteiger charge is 2.26. The van der Waals surface area contributed by atoms with Crippen molar-refractivity contribution in [3.63, 3.8) is 0 Å². The topological polar surface area (TPSA) is 85.4 Å². The first-order valence-corrected chi connectivity index (χ1v) is 8.35. The van der Waals surface area contributed by atoms with Crippen LogP contribution in [0.3, 0.4) is 0 Å². The van der Waals surface area contributed by atoms with Crippen molar-refractivity contribution >= 4 is 15.9 Å². The summed E-state index contributed by atoms with van der Waals surface area (Å²) in [5.74, 6) is -0.128. The maximum absolute atomic E-state index is 12.6. The monoisotopic (exact) mass is 299 g/mol. The van der Waals surface area contributed by atoms with Crippen LogP contribution in [0.4, 0.5) is 0 Å². The second kappa shape index (κ2) is 5.57. The third-order valence-electron chi connectivity index (χ3n) is 3.84. The van der Waals surface area contributed by atoms with Crippen LogP contribution in [0.5, 0.6) is 0 Å². The normalized spacial score (nSPS) is 20.8. The molecule has 0 aliphatic carbocycles. The number of carbonyl (C=O) groups excluding carboxylic acids is 1. The lowest BCUT2D eigenvalue weighted by molar-refractivity contribution is 0.0688. The lowest BCUT2D eigenvalue weighted by Crippen LogP contribution is -2.39. The number of likely N-dealkylation sites (tertiary alicyclic amines) is 1. The maximum atomic E-state index is 12.6. The average Bonchev–Trinajstić information content (AvgIpc) is 2.62. The number of aromatic nitrogens is 1. The second-order valence-electron chi connectivity index (χ2n) is 5.41. The number of hydrogen-bond acceptors (Lipinski definition) is 3. The van der Waals surface area contributed by atoms with Crippen LogP contribution < -0.4 is 5.14 Å². The van der Waals surface area contributed by atoms with Crippen molar-refractivity contribution in [1.29, 1.82) is 0 Å². The molecule has 1 atom stereocenters. The molecule has 1 aromatic rings. The van der Waals surface area contributed by atoms with Gasteiger partial charge in [0.15, 0.2) is 0 Å². The summed E-state index contributed by atoms with van der Waals surface area (Å²) in [6.45, 7) is 2.75.